The van der Waals surface area contributed by atoms with E-state index >= 15 is 0 Å². The molecule has 1 rings (SSSR count). The highest BCUT2D eigenvalue weighted by atomic mass is 16.7. The van der Waals surface area contributed by atoms with E-state index in [4.69, 9.17) is 23.7 Å². The third kappa shape index (κ3) is 45.3. The number of carbonyl (C=O) groups excluding carboxylic acids is 3. The quantitative estimate of drug-likeness (QED) is 0.0228. The predicted octanol–water partition coefficient (Wildman–Crippen LogP) is 16.8. The van der Waals surface area contributed by atoms with Crippen molar-refractivity contribution in [1.29, 1.82) is 0 Å². The van der Waals surface area contributed by atoms with Crippen molar-refractivity contribution in [1.82, 2.24) is 0 Å². The first kappa shape index (κ1) is 74.1. The molecule has 6 atom stereocenters. The molecular weight excluding hydrogens is 1020 g/mol. The molecule has 12 heteroatoms. The summed E-state index contributed by atoms with van der Waals surface area (Å²) in [6.45, 7) is 5.72. The Bertz CT molecular complexity index is 1870. The molecule has 3 N–H and O–H groups in total. The predicted molar refractivity (Wildman–Crippen MR) is 330 cm³/mol. The highest BCUT2D eigenvalue weighted by Gasteiger charge is 2.50. The van der Waals surface area contributed by atoms with E-state index in [-0.39, 0.29) is 25.9 Å². The standard InChI is InChI=1S/C69H110O12/c1-4-7-10-13-16-19-22-25-28-30-31-33-35-37-40-43-46-49-52-55-61(70)77-58-60(79-62(71)56-53-50-47-44-41-38-34-27-24-21-18-15-12-9-6-3)59-78-69-67(65(74)64(73)66(81-69)68(75)76)80-63(72)57-54-51-48-45-42-39-36-32-29-26-23-20-17-14-11-8-5-2/h7-8,10-11,16-17,19-20,25-29,31,33-34,36-37,39-40,60,64-67,69,73-74H,4-6,9,12-15,18,21-24,30,32,35,38,41-59H2,1-3H3,(H,75,76)/b10-7-,11-8-,19-16-,20-17-,28-25-,29-26-,33-31-,34-27-,39-36-,40-37-. The second-order valence-corrected chi connectivity index (χ2v) is 20.9. The van der Waals surface area contributed by atoms with E-state index in [0.717, 1.165) is 141 Å². The van der Waals surface area contributed by atoms with E-state index in [9.17, 15) is 34.5 Å². The van der Waals surface area contributed by atoms with E-state index in [1.165, 1.54) is 38.5 Å². The van der Waals surface area contributed by atoms with E-state index in [1.54, 1.807) is 0 Å². The van der Waals surface area contributed by atoms with E-state index < -0.39 is 67.3 Å². The Morgan fingerprint density at radius 3 is 1.21 bits per heavy atom. The molecule has 0 spiro atoms. The number of aliphatic hydroxyl groups is 2. The van der Waals surface area contributed by atoms with Crippen LogP contribution in [0.4, 0.5) is 0 Å². The minimum Gasteiger partial charge on any atom is -0.479 e. The van der Waals surface area contributed by atoms with Gasteiger partial charge < -0.3 is 39.0 Å². The first-order valence-electron chi connectivity index (χ1n) is 31.5. The molecule has 0 aliphatic carbocycles. The van der Waals surface area contributed by atoms with Crippen LogP contribution in [0.25, 0.3) is 0 Å². The van der Waals surface area contributed by atoms with Crippen LogP contribution < -0.4 is 0 Å². The zero-order valence-corrected chi connectivity index (χ0v) is 50.5. The summed E-state index contributed by atoms with van der Waals surface area (Å²) in [5.74, 6) is -3.22. The lowest BCUT2D eigenvalue weighted by atomic mass is 9.98. The van der Waals surface area contributed by atoms with Gasteiger partial charge in [-0.15, -0.1) is 0 Å². The molecule has 6 unspecified atom stereocenters. The van der Waals surface area contributed by atoms with Crippen molar-refractivity contribution in [2.75, 3.05) is 13.2 Å². The molecule has 1 fully saturated rings. The Morgan fingerprint density at radius 1 is 0.420 bits per heavy atom. The number of ether oxygens (including phenoxy) is 5. The van der Waals surface area contributed by atoms with Crippen LogP contribution in [-0.4, -0.2) is 89.2 Å². The Morgan fingerprint density at radius 2 is 0.778 bits per heavy atom. The van der Waals surface area contributed by atoms with E-state index in [1.807, 2.05) is 0 Å². The molecule has 1 aliphatic rings. The summed E-state index contributed by atoms with van der Waals surface area (Å²) in [6, 6.07) is 0. The topological polar surface area (TPSA) is 175 Å². The van der Waals surface area contributed by atoms with Crippen molar-refractivity contribution in [2.45, 2.75) is 276 Å². The number of esters is 3. The van der Waals surface area contributed by atoms with Crippen molar-refractivity contribution < 1.29 is 58.2 Å². The largest absolute Gasteiger partial charge is 0.479 e. The van der Waals surface area contributed by atoms with Crippen molar-refractivity contribution in [2.24, 2.45) is 0 Å². The van der Waals surface area contributed by atoms with Crippen molar-refractivity contribution in [3.05, 3.63) is 122 Å². The van der Waals surface area contributed by atoms with Gasteiger partial charge in [0.05, 0.1) is 6.61 Å². The minimum atomic E-state index is -1.92. The molecule has 0 bridgehead atoms. The van der Waals surface area contributed by atoms with Gasteiger partial charge in [0.2, 0.25) is 0 Å². The van der Waals surface area contributed by atoms with Crippen LogP contribution in [0.15, 0.2) is 122 Å². The summed E-state index contributed by atoms with van der Waals surface area (Å²) in [5.41, 5.74) is 0. The molecule has 0 aromatic heterocycles. The monoisotopic (exact) mass is 1130 g/mol. The Kier molecular flexibility index (Phi) is 50.9. The number of allylic oxidation sites excluding steroid dienone is 20. The van der Waals surface area contributed by atoms with E-state index in [2.05, 4.69) is 142 Å². The summed E-state index contributed by atoms with van der Waals surface area (Å²) in [4.78, 5) is 51.3. The molecule has 1 saturated heterocycles. The maximum absolute atomic E-state index is 13.2. The van der Waals surface area contributed by atoms with Gasteiger partial charge in [0.1, 0.15) is 18.8 Å². The normalized spacial score (nSPS) is 18.6. The first-order valence-corrected chi connectivity index (χ1v) is 31.5. The number of carboxylic acids is 1. The molecular formula is C69H110O12. The summed E-state index contributed by atoms with van der Waals surface area (Å²) in [6.07, 6.45) is 64.4. The molecule has 0 aromatic carbocycles. The second kappa shape index (κ2) is 55.6. The third-order valence-electron chi connectivity index (χ3n) is 13.5. The molecule has 0 saturated carbocycles. The van der Waals surface area contributed by atoms with Crippen molar-refractivity contribution >= 4 is 23.9 Å². The van der Waals surface area contributed by atoms with Crippen LogP contribution in [0.2, 0.25) is 0 Å². The maximum Gasteiger partial charge on any atom is 0.335 e. The molecule has 1 heterocycles. The Hall–Kier alpha value is -4.88. The minimum absolute atomic E-state index is 0.0221. The van der Waals surface area contributed by atoms with Crippen molar-refractivity contribution in [3.63, 3.8) is 0 Å². The highest BCUT2D eigenvalue weighted by Crippen LogP contribution is 2.26. The highest BCUT2D eigenvalue weighted by molar-refractivity contribution is 5.74. The van der Waals surface area contributed by atoms with Crippen LogP contribution in [-0.2, 0) is 42.9 Å². The van der Waals surface area contributed by atoms with Crippen LogP contribution >= 0.6 is 0 Å². The van der Waals surface area contributed by atoms with Gasteiger partial charge in [0, 0.05) is 19.3 Å². The summed E-state index contributed by atoms with van der Waals surface area (Å²) in [5, 5.41) is 31.6. The van der Waals surface area contributed by atoms with Gasteiger partial charge in [-0.1, -0.05) is 213 Å². The fourth-order valence-corrected chi connectivity index (χ4v) is 8.73. The number of aliphatic carboxylic acids is 1. The first-order chi connectivity index (χ1) is 39.6. The number of hydrogen-bond acceptors (Lipinski definition) is 11. The Labute approximate surface area is 490 Å². The average Bonchev–Trinajstić information content (AvgIpc) is 3.53. The van der Waals surface area contributed by atoms with Gasteiger partial charge in [-0.25, -0.2) is 4.79 Å². The molecule has 81 heavy (non-hydrogen) atoms. The second-order valence-electron chi connectivity index (χ2n) is 20.9. The Balaban J connectivity index is 2.72. The zero-order valence-electron chi connectivity index (χ0n) is 50.5. The van der Waals surface area contributed by atoms with Crippen LogP contribution in [0.5, 0.6) is 0 Å². The van der Waals surface area contributed by atoms with Crippen molar-refractivity contribution in [3.8, 4) is 0 Å². The molecule has 458 valence electrons. The summed E-state index contributed by atoms with van der Waals surface area (Å²) < 4.78 is 28.4. The molecule has 0 amide bonds. The number of carbonyl (C=O) groups is 4. The number of unbranched alkanes of at least 4 members (excludes halogenated alkanes) is 18. The van der Waals surface area contributed by atoms with Gasteiger partial charge in [0.15, 0.2) is 24.6 Å². The number of hydrogen-bond donors (Lipinski definition) is 3. The number of carboxylic acid groups (broad SMARTS) is 1. The van der Waals surface area contributed by atoms with Crippen LogP contribution in [0.1, 0.15) is 239 Å². The lowest BCUT2D eigenvalue weighted by molar-refractivity contribution is -0.301. The summed E-state index contributed by atoms with van der Waals surface area (Å²) >= 11 is 0. The van der Waals surface area contributed by atoms with Gasteiger partial charge >= 0.3 is 23.9 Å². The fourth-order valence-electron chi connectivity index (χ4n) is 8.73. The number of aliphatic hydroxyl groups excluding tert-OH is 2. The van der Waals surface area contributed by atoms with Gasteiger partial charge in [-0.2, -0.15) is 0 Å². The van der Waals surface area contributed by atoms with Gasteiger partial charge in [-0.3, -0.25) is 14.4 Å². The average molecular weight is 1130 g/mol. The fraction of sp³-hybridized carbons (Fsp3) is 0.652. The summed E-state index contributed by atoms with van der Waals surface area (Å²) in [7, 11) is 0. The van der Waals surface area contributed by atoms with Gasteiger partial charge in [0.25, 0.3) is 0 Å². The smallest absolute Gasteiger partial charge is 0.335 e. The zero-order chi connectivity index (χ0) is 58.9. The maximum atomic E-state index is 13.2. The molecule has 12 nitrogen and oxygen atoms in total. The SMILES string of the molecule is CC/C=C\C/C=C\C/C=C\C/C=C\C/C=C\CCCCCC(=O)OCC(COC1OC(C(=O)O)C(O)C(O)C1OC(=O)CCCCCC/C=C\C/C=C\C/C=C\C/C=C\CC)OC(=O)CCCCCCC/C=C\CCCCCCCC. The molecule has 1 aliphatic heterocycles. The van der Waals surface area contributed by atoms with E-state index in [0.29, 0.717) is 19.3 Å². The van der Waals surface area contributed by atoms with Crippen LogP contribution in [0.3, 0.4) is 0 Å². The lowest BCUT2D eigenvalue weighted by Crippen LogP contribution is -2.61. The molecule has 0 radical (unpaired) electrons. The van der Waals surface area contributed by atoms with Crippen LogP contribution in [0, 0.1) is 0 Å². The number of rotatable bonds is 52. The lowest BCUT2D eigenvalue weighted by Gasteiger charge is -2.40. The van der Waals surface area contributed by atoms with Gasteiger partial charge in [-0.05, 0) is 128 Å². The molecule has 0 aromatic rings. The third-order valence-corrected chi connectivity index (χ3v) is 13.5.